The van der Waals surface area contributed by atoms with E-state index in [4.69, 9.17) is 65.3 Å². The number of hydrogen-bond donors (Lipinski definition) is 3. The number of nitrogens with one attached hydrogen (secondary N) is 2. The van der Waals surface area contributed by atoms with Gasteiger partial charge in [-0.15, -0.1) is 0 Å². The Morgan fingerprint density at radius 3 is 1.26 bits per heavy atom. The fourth-order valence-electron chi connectivity index (χ4n) is 10.5. The van der Waals surface area contributed by atoms with E-state index in [9.17, 15) is 23.1 Å². The Kier molecular flexibility index (Phi) is 24.7. The number of hydrogen-bond acceptors (Lipinski definition) is 19. The van der Waals surface area contributed by atoms with E-state index >= 15 is 0 Å². The molecule has 0 bridgehead atoms. The first kappa shape index (κ1) is 69.8. The number of benzene rings is 6. The molecule has 538 valence electrons. The van der Waals surface area contributed by atoms with Crippen LogP contribution in [-0.4, -0.2) is 150 Å². The summed E-state index contributed by atoms with van der Waals surface area (Å²) >= 11 is 12.6. The maximum Gasteiger partial charge on any atom is 0.405 e. The third-order valence-corrected chi connectivity index (χ3v) is 15.6. The van der Waals surface area contributed by atoms with Gasteiger partial charge in [-0.3, -0.25) is 33.8 Å². The first-order valence-corrected chi connectivity index (χ1v) is 31.7. The minimum absolute atomic E-state index is 0. The van der Waals surface area contributed by atoms with E-state index in [1.165, 1.54) is 32.4 Å². The molecule has 0 aliphatic heterocycles. The van der Waals surface area contributed by atoms with Gasteiger partial charge in [0.05, 0.1) is 124 Å². The number of rotatable bonds is 24. The summed E-state index contributed by atoms with van der Waals surface area (Å²) < 4.78 is 108. The monoisotopic (exact) mass is 1440 g/mol. The van der Waals surface area contributed by atoms with Gasteiger partial charge in [-0.1, -0.05) is 59.3 Å². The number of anilines is 6. The number of carbonyl (C=O) groups excluding carboxylic acids is 1. The smallest absolute Gasteiger partial charge is 0.405 e. The van der Waals surface area contributed by atoms with Crippen LogP contribution in [0.3, 0.4) is 0 Å². The Balaban J connectivity index is 0.000000223. The first-order chi connectivity index (χ1) is 49.9. The number of aliphatic hydroxyl groups excluding tert-OH is 1. The number of carbonyl (C=O) groups is 1. The molecule has 3 N–H and O–H groups in total. The predicted octanol–water partition coefficient (Wildman–Crippen LogP) is 15.2. The predicted molar refractivity (Wildman–Crippen MR) is 401 cm³/mol. The van der Waals surface area contributed by atoms with Crippen molar-refractivity contribution >= 4 is 96.3 Å². The van der Waals surface area contributed by atoms with Crippen molar-refractivity contribution in [3.05, 3.63) is 175 Å². The van der Waals surface area contributed by atoms with Crippen LogP contribution >= 0.6 is 23.2 Å². The second-order valence-electron chi connectivity index (χ2n) is 22.8. The van der Waals surface area contributed by atoms with E-state index in [1.807, 2.05) is 74.4 Å². The summed E-state index contributed by atoms with van der Waals surface area (Å²) in [5, 5.41) is 28.7. The van der Waals surface area contributed by atoms with Gasteiger partial charge in [-0.05, 0) is 79.2 Å². The Labute approximate surface area is 610 Å². The fourth-order valence-corrected chi connectivity index (χ4v) is 11.0. The number of halogens is 5. The van der Waals surface area contributed by atoms with Crippen LogP contribution < -0.4 is 44.3 Å². The molecule has 12 aromatic rings. The van der Waals surface area contributed by atoms with Gasteiger partial charge < -0.3 is 49.4 Å². The lowest BCUT2D eigenvalue weighted by Crippen LogP contribution is -2.35. The second kappa shape index (κ2) is 36.1. The lowest BCUT2D eigenvalue weighted by molar-refractivity contribution is -0.138. The largest absolute Gasteiger partial charge is 0.497 e. The van der Waals surface area contributed by atoms with E-state index in [0.29, 0.717) is 96.8 Å². The highest BCUT2D eigenvalue weighted by atomic mass is 35.5. The summed E-state index contributed by atoms with van der Waals surface area (Å²) in [6.07, 6.45) is 11.6. The maximum atomic E-state index is 12.5. The lowest BCUT2D eigenvalue weighted by atomic mass is 10.1. The maximum absolute atomic E-state index is 12.5. The summed E-state index contributed by atoms with van der Waals surface area (Å²) in [4.78, 5) is 45.8. The number of amides is 1. The summed E-state index contributed by atoms with van der Waals surface area (Å²) in [5.74, 6) is 0.118. The molecular formula is C74H86Cl2F3N17O6. The lowest BCUT2D eigenvalue weighted by Gasteiger charge is -2.26. The number of aliphatic hydroxyl groups is 1. The topological polar surface area (TPSA) is 239 Å². The van der Waals surface area contributed by atoms with Crippen molar-refractivity contribution in [2.45, 2.75) is 61.2 Å². The molecule has 6 aromatic carbocycles. The number of aryl methyl sites for hydroxylation is 3. The minimum Gasteiger partial charge on any atom is -0.497 e. The molecule has 28 heteroatoms. The molecule has 0 fully saturated rings. The summed E-state index contributed by atoms with van der Waals surface area (Å²) in [5.41, 5.74) is 13.0. The SMILES string of the molecule is C.C.C.CC(C)NCCN(c1cc(Cl)cc(Cl)c1)c1ccc2ncc(-c3cnn(C)c3)nc2c1.COc1cc(OC)cc(N(CCC(=O)NCC(F)(F)F)c2ccc3ncc(-c4cnn(C)c4)nc3c2)c1.[2H]C([2H])([2H])Oc1cc(OC([2H])([2H])[2H])cc(N(CCCO)c2ccc3ncc(-c4cnn(C)c4)nc3c2)c1. The van der Waals surface area contributed by atoms with Crippen molar-refractivity contribution in [2.75, 3.05) is 82.3 Å². The van der Waals surface area contributed by atoms with Crippen molar-refractivity contribution in [3.8, 4) is 56.8 Å². The van der Waals surface area contributed by atoms with Crippen molar-refractivity contribution < 1.29 is 50.2 Å². The molecule has 6 heterocycles. The van der Waals surface area contributed by atoms with Crippen LogP contribution in [0.4, 0.5) is 47.3 Å². The van der Waals surface area contributed by atoms with Gasteiger partial charge in [0.2, 0.25) is 5.91 Å². The van der Waals surface area contributed by atoms with Gasteiger partial charge in [-0.2, -0.15) is 28.5 Å². The zero-order chi connectivity index (χ0) is 75.3. The molecular weight excluding hydrogens is 1350 g/mol. The average Bonchev–Trinajstić information content (AvgIpc) is 0.972. The van der Waals surface area contributed by atoms with Crippen LogP contribution in [0.25, 0.3) is 66.9 Å². The van der Waals surface area contributed by atoms with Gasteiger partial charge in [0, 0.05) is 182 Å². The number of nitrogens with zero attached hydrogens (tertiary/aromatic N) is 15. The molecule has 1 amide bonds. The molecule has 102 heavy (non-hydrogen) atoms. The molecule has 0 spiro atoms. The van der Waals surface area contributed by atoms with Gasteiger partial charge in [0.15, 0.2) is 0 Å². The number of alkyl halides is 3. The average molecular weight is 1440 g/mol. The van der Waals surface area contributed by atoms with Gasteiger partial charge in [0.25, 0.3) is 0 Å². The Hall–Kier alpha value is -10.7. The molecule has 0 unspecified atom stereocenters. The van der Waals surface area contributed by atoms with Crippen LogP contribution in [0.1, 0.15) is 57.2 Å². The van der Waals surface area contributed by atoms with E-state index < -0.39 is 32.7 Å². The van der Waals surface area contributed by atoms with Crippen LogP contribution in [0.5, 0.6) is 23.0 Å². The molecule has 0 atom stereocenters. The standard InChI is InChI=1S/C25H25F3N6O3.C23H24Cl2N6.C23H25N5O3.3CH4/c1-33-14-16(12-31-33)23-13-29-21-5-4-17(10-22(21)32-23)34(7-6-24(35)30-15-25(26,27)28)18-8-19(36-2)11-20(9-18)37-3;1-15(2)26-6-7-31(20-9-17(24)8-18(25)10-20)19-4-5-21-22(11-19)29-23(13-27-21)16-12-28-30(3)14-16;1-27-15-16(13-25-27)23-14-24-21-6-5-17(11-22(21)26-23)28(7-4-8-29)18-9-19(30-2)12-20(10-18)31-3;;;/h4-5,8-14H,6-7,15H2,1-3H3,(H,30,35);4-5,8-15,26H,6-7H2,1-3H3;5-6,9-15,29H,4,7-8H2,1-3H3;3*1H4/i;;2D3,3D3;;;. The Morgan fingerprint density at radius 2 is 0.912 bits per heavy atom. The molecule has 6 aromatic heterocycles. The Morgan fingerprint density at radius 1 is 0.529 bits per heavy atom. The highest BCUT2D eigenvalue weighted by Crippen LogP contribution is 2.38. The minimum atomic E-state index is -4.49. The van der Waals surface area contributed by atoms with Crippen LogP contribution in [0, 0.1) is 0 Å². The van der Waals surface area contributed by atoms with Crippen molar-refractivity contribution in [1.29, 1.82) is 0 Å². The quantitative estimate of drug-likeness (QED) is 0.0509. The first-order valence-electron chi connectivity index (χ1n) is 33.9. The summed E-state index contributed by atoms with van der Waals surface area (Å²) in [6, 6.07) is 32.2. The van der Waals surface area contributed by atoms with Gasteiger partial charge >= 0.3 is 6.18 Å². The van der Waals surface area contributed by atoms with Crippen LogP contribution in [-0.2, 0) is 25.9 Å². The summed E-state index contributed by atoms with van der Waals surface area (Å²) in [7, 11) is 3.01. The Bertz CT molecular complexity index is 4920. The van der Waals surface area contributed by atoms with E-state index in [1.54, 1.807) is 123 Å². The molecule has 0 aliphatic rings. The number of ether oxygens (including phenoxy) is 4. The van der Waals surface area contributed by atoms with E-state index in [0.717, 1.165) is 57.9 Å². The zero-order valence-corrected chi connectivity index (χ0v) is 56.4. The van der Waals surface area contributed by atoms with Crippen molar-refractivity contribution in [2.24, 2.45) is 21.1 Å². The third kappa shape index (κ3) is 20.7. The highest BCUT2D eigenvalue weighted by molar-refractivity contribution is 6.35. The van der Waals surface area contributed by atoms with Gasteiger partial charge in [0.1, 0.15) is 29.5 Å². The molecule has 0 radical (unpaired) electrons. The van der Waals surface area contributed by atoms with Crippen LogP contribution in [0.2, 0.25) is 10.0 Å². The fraction of sp³-hybridized carbons (Fsp3) is 0.297. The van der Waals surface area contributed by atoms with E-state index in [-0.39, 0.29) is 53.4 Å². The second-order valence-corrected chi connectivity index (χ2v) is 23.7. The molecule has 0 aliphatic carbocycles. The normalized spacial score (nSPS) is 12.1. The molecule has 0 saturated heterocycles. The number of methoxy groups -OCH3 is 4. The molecule has 23 nitrogen and oxygen atoms in total. The van der Waals surface area contributed by atoms with Crippen LogP contribution in [0.15, 0.2) is 165 Å². The summed E-state index contributed by atoms with van der Waals surface area (Å²) in [6.45, 7) is 4.74. The van der Waals surface area contributed by atoms with Gasteiger partial charge in [-0.25, -0.2) is 15.0 Å². The van der Waals surface area contributed by atoms with E-state index in [2.05, 4.69) is 54.3 Å². The zero-order valence-electron chi connectivity index (χ0n) is 60.9. The van der Waals surface area contributed by atoms with Crippen molar-refractivity contribution in [3.63, 3.8) is 0 Å². The highest BCUT2D eigenvalue weighted by Gasteiger charge is 2.28. The van der Waals surface area contributed by atoms with Crippen molar-refractivity contribution in [1.82, 2.24) is 69.9 Å². The number of aromatic nitrogens is 12. The number of fused-ring (bicyclic) bond motifs is 3. The molecule has 12 rings (SSSR count). The third-order valence-electron chi connectivity index (χ3n) is 15.2. The molecule has 0 saturated carbocycles.